The van der Waals surface area contributed by atoms with Crippen LogP contribution >= 0.6 is 0 Å². The van der Waals surface area contributed by atoms with Gasteiger partial charge in [0, 0.05) is 24.8 Å². The van der Waals surface area contributed by atoms with Gasteiger partial charge in [0.05, 0.1) is 12.4 Å². The van der Waals surface area contributed by atoms with E-state index in [1.54, 1.807) is 19.1 Å². The van der Waals surface area contributed by atoms with Gasteiger partial charge in [0.2, 0.25) is 10.0 Å². The topological polar surface area (TPSA) is 92.4 Å². The number of aromatic amines is 1. The number of ether oxygens (including phenoxy) is 1. The standard InChI is InChI=1S/C16H19N3O4S/c1-12-9-15(20)18-16(17-12)14-10-19(7-8-23-14)24(21,22)11-13-5-3-2-4-6-13/h2-6,9,14H,7-8,10-11H2,1H3,(H,17,18,20)/t14-/m0/s1. The van der Waals surface area contributed by atoms with Crippen LogP contribution in [0.5, 0.6) is 0 Å². The van der Waals surface area contributed by atoms with E-state index in [2.05, 4.69) is 9.97 Å². The Labute approximate surface area is 140 Å². The minimum absolute atomic E-state index is 0.0572. The van der Waals surface area contributed by atoms with Crippen LogP contribution in [0.25, 0.3) is 0 Å². The normalized spacial score (nSPS) is 19.3. The predicted molar refractivity (Wildman–Crippen MR) is 88.9 cm³/mol. The molecule has 1 aliphatic heterocycles. The molecule has 0 amide bonds. The van der Waals surface area contributed by atoms with Crippen molar-refractivity contribution < 1.29 is 13.2 Å². The highest BCUT2D eigenvalue weighted by Gasteiger charge is 2.31. The average Bonchev–Trinajstić information content (AvgIpc) is 2.55. The Hall–Kier alpha value is -2.03. The van der Waals surface area contributed by atoms with Crippen molar-refractivity contribution in [2.75, 3.05) is 19.7 Å². The van der Waals surface area contributed by atoms with Gasteiger partial charge in [-0.25, -0.2) is 13.4 Å². The van der Waals surface area contributed by atoms with Crippen LogP contribution in [0.2, 0.25) is 0 Å². The molecule has 2 heterocycles. The highest BCUT2D eigenvalue weighted by atomic mass is 32.2. The van der Waals surface area contributed by atoms with E-state index in [1.807, 2.05) is 18.2 Å². The first-order chi connectivity index (χ1) is 11.4. The van der Waals surface area contributed by atoms with Gasteiger partial charge in [0.1, 0.15) is 11.9 Å². The van der Waals surface area contributed by atoms with Crippen LogP contribution in [-0.4, -0.2) is 42.4 Å². The molecule has 1 aliphatic rings. The van der Waals surface area contributed by atoms with E-state index in [-0.39, 0.29) is 24.5 Å². The number of benzene rings is 1. The maximum absolute atomic E-state index is 12.6. The second-order valence-corrected chi connectivity index (χ2v) is 7.70. The molecule has 2 aromatic rings. The second kappa shape index (κ2) is 6.84. The number of nitrogens with zero attached hydrogens (tertiary/aromatic N) is 2. The number of hydrogen-bond acceptors (Lipinski definition) is 5. The number of H-pyrrole nitrogens is 1. The first-order valence-corrected chi connectivity index (χ1v) is 9.26. The molecule has 0 unspecified atom stereocenters. The average molecular weight is 349 g/mol. The fraction of sp³-hybridized carbons (Fsp3) is 0.375. The Kier molecular flexibility index (Phi) is 4.79. The third-order valence-corrected chi connectivity index (χ3v) is 5.62. The Morgan fingerprint density at radius 2 is 2.08 bits per heavy atom. The maximum atomic E-state index is 12.6. The Bertz CT molecular complexity index is 864. The van der Waals surface area contributed by atoms with Gasteiger partial charge in [-0.1, -0.05) is 30.3 Å². The van der Waals surface area contributed by atoms with Crippen LogP contribution in [0.15, 0.2) is 41.2 Å². The van der Waals surface area contributed by atoms with Crippen LogP contribution in [0.1, 0.15) is 23.2 Å². The number of morpholine rings is 1. The molecule has 24 heavy (non-hydrogen) atoms. The first-order valence-electron chi connectivity index (χ1n) is 7.65. The lowest BCUT2D eigenvalue weighted by Crippen LogP contribution is -2.43. The monoisotopic (exact) mass is 349 g/mol. The van der Waals surface area contributed by atoms with Crippen molar-refractivity contribution in [2.24, 2.45) is 0 Å². The molecular weight excluding hydrogens is 330 g/mol. The lowest BCUT2D eigenvalue weighted by atomic mass is 10.2. The second-order valence-electron chi connectivity index (χ2n) is 5.73. The molecule has 0 spiro atoms. The predicted octanol–water partition coefficient (Wildman–Crippen LogP) is 0.982. The van der Waals surface area contributed by atoms with Crippen molar-refractivity contribution in [1.82, 2.24) is 14.3 Å². The molecule has 128 valence electrons. The van der Waals surface area contributed by atoms with E-state index in [4.69, 9.17) is 4.74 Å². The zero-order valence-corrected chi connectivity index (χ0v) is 14.1. The molecule has 8 heteroatoms. The van der Waals surface area contributed by atoms with Crippen molar-refractivity contribution >= 4 is 10.0 Å². The van der Waals surface area contributed by atoms with Gasteiger partial charge in [-0.05, 0) is 12.5 Å². The largest absolute Gasteiger partial charge is 0.368 e. The SMILES string of the molecule is Cc1cc(=O)[nH]c([C@@H]2CN(S(=O)(=O)Cc3ccccc3)CCO2)n1. The molecule has 1 fully saturated rings. The summed E-state index contributed by atoms with van der Waals surface area (Å²) in [4.78, 5) is 18.5. The quantitative estimate of drug-likeness (QED) is 0.888. The van der Waals surface area contributed by atoms with Gasteiger partial charge >= 0.3 is 0 Å². The van der Waals surface area contributed by atoms with Crippen molar-refractivity contribution in [3.05, 3.63) is 63.8 Å². The highest BCUT2D eigenvalue weighted by Crippen LogP contribution is 2.22. The summed E-state index contributed by atoms with van der Waals surface area (Å²) in [6, 6.07) is 10.4. The van der Waals surface area contributed by atoms with Crippen LogP contribution < -0.4 is 5.56 Å². The van der Waals surface area contributed by atoms with E-state index < -0.39 is 16.1 Å². The summed E-state index contributed by atoms with van der Waals surface area (Å²) in [6.07, 6.45) is -0.572. The van der Waals surface area contributed by atoms with Gasteiger partial charge in [-0.2, -0.15) is 4.31 Å². The maximum Gasteiger partial charge on any atom is 0.251 e. The molecule has 0 bridgehead atoms. The Morgan fingerprint density at radius 1 is 1.33 bits per heavy atom. The number of rotatable bonds is 4. The molecule has 1 aromatic carbocycles. The summed E-state index contributed by atoms with van der Waals surface area (Å²) >= 11 is 0. The van der Waals surface area contributed by atoms with E-state index in [9.17, 15) is 13.2 Å². The van der Waals surface area contributed by atoms with Crippen molar-refractivity contribution in [3.8, 4) is 0 Å². The van der Waals surface area contributed by atoms with E-state index >= 15 is 0 Å². The van der Waals surface area contributed by atoms with Crippen molar-refractivity contribution in [2.45, 2.75) is 18.8 Å². The van der Waals surface area contributed by atoms with Gasteiger partial charge in [-0.3, -0.25) is 4.79 Å². The highest BCUT2D eigenvalue weighted by molar-refractivity contribution is 7.88. The summed E-state index contributed by atoms with van der Waals surface area (Å²) in [5.41, 5.74) is 1.04. The zero-order valence-electron chi connectivity index (χ0n) is 13.3. The lowest BCUT2D eigenvalue weighted by molar-refractivity contribution is -0.00778. The van der Waals surface area contributed by atoms with Crippen molar-refractivity contribution in [3.63, 3.8) is 0 Å². The third-order valence-electron chi connectivity index (χ3n) is 3.81. The van der Waals surface area contributed by atoms with E-state index in [0.29, 0.717) is 18.1 Å². The van der Waals surface area contributed by atoms with Crippen LogP contribution in [0.4, 0.5) is 0 Å². The minimum Gasteiger partial charge on any atom is -0.368 e. The van der Waals surface area contributed by atoms with Gasteiger partial charge in [0.15, 0.2) is 0 Å². The Balaban J connectivity index is 1.78. The molecule has 7 nitrogen and oxygen atoms in total. The number of aryl methyl sites for hydroxylation is 1. The summed E-state index contributed by atoms with van der Waals surface area (Å²) in [6.45, 7) is 2.41. The van der Waals surface area contributed by atoms with Crippen LogP contribution in [0, 0.1) is 6.92 Å². The fourth-order valence-electron chi connectivity index (χ4n) is 2.67. The van der Waals surface area contributed by atoms with Crippen LogP contribution in [0.3, 0.4) is 0 Å². The molecule has 1 aromatic heterocycles. The molecule has 3 rings (SSSR count). The van der Waals surface area contributed by atoms with E-state index in [0.717, 1.165) is 5.56 Å². The number of hydrogen-bond donors (Lipinski definition) is 1. The number of sulfonamides is 1. The summed E-state index contributed by atoms with van der Waals surface area (Å²) < 4.78 is 32.3. The summed E-state index contributed by atoms with van der Waals surface area (Å²) in [5, 5.41) is 0. The number of nitrogens with one attached hydrogen (secondary N) is 1. The van der Waals surface area contributed by atoms with Gasteiger partial charge < -0.3 is 9.72 Å². The minimum atomic E-state index is -3.46. The first kappa shape index (κ1) is 16.8. The molecule has 1 atom stereocenters. The Morgan fingerprint density at radius 3 is 2.79 bits per heavy atom. The molecule has 1 saturated heterocycles. The van der Waals surface area contributed by atoms with Gasteiger partial charge in [0.25, 0.3) is 5.56 Å². The molecule has 0 saturated carbocycles. The molecule has 0 radical (unpaired) electrons. The smallest absolute Gasteiger partial charge is 0.251 e. The molecular formula is C16H19N3O4S. The number of aromatic nitrogens is 2. The summed E-state index contributed by atoms with van der Waals surface area (Å²) in [7, 11) is -3.46. The van der Waals surface area contributed by atoms with Crippen LogP contribution in [-0.2, 0) is 20.5 Å². The van der Waals surface area contributed by atoms with E-state index in [1.165, 1.54) is 10.4 Å². The lowest BCUT2D eigenvalue weighted by Gasteiger charge is -2.31. The van der Waals surface area contributed by atoms with Gasteiger partial charge in [-0.15, -0.1) is 0 Å². The third kappa shape index (κ3) is 3.89. The molecule has 0 aliphatic carbocycles. The fourth-order valence-corrected chi connectivity index (χ4v) is 4.19. The molecule has 1 N–H and O–H groups in total. The zero-order chi connectivity index (χ0) is 17.2. The van der Waals surface area contributed by atoms with Crippen molar-refractivity contribution in [1.29, 1.82) is 0 Å². The summed E-state index contributed by atoms with van der Waals surface area (Å²) in [5.74, 6) is 0.304.